The highest BCUT2D eigenvalue weighted by molar-refractivity contribution is 9.10. The van der Waals surface area contributed by atoms with Gasteiger partial charge in [0.05, 0.1) is 17.6 Å². The molecule has 0 fully saturated rings. The molecule has 2 aromatic rings. The van der Waals surface area contributed by atoms with E-state index >= 15 is 0 Å². The van der Waals surface area contributed by atoms with Crippen molar-refractivity contribution >= 4 is 22.0 Å². The molecule has 0 unspecified atom stereocenters. The summed E-state index contributed by atoms with van der Waals surface area (Å²) < 4.78 is 12.0. The van der Waals surface area contributed by atoms with E-state index in [4.69, 9.17) is 9.47 Å². The molecule has 0 saturated carbocycles. The molecule has 0 aliphatic carbocycles. The summed E-state index contributed by atoms with van der Waals surface area (Å²) in [5, 5.41) is 0. The van der Waals surface area contributed by atoms with Crippen LogP contribution in [-0.4, -0.2) is 24.1 Å². The topological polar surface area (TPSA) is 38.8 Å². The Morgan fingerprint density at radius 3 is 2.82 bits per heavy atom. The van der Waals surface area contributed by atoms with E-state index in [0.29, 0.717) is 19.7 Å². The van der Waals surface area contributed by atoms with Gasteiger partial charge in [0, 0.05) is 5.56 Å². The van der Waals surface area contributed by atoms with Crippen molar-refractivity contribution in [2.24, 2.45) is 0 Å². The summed E-state index contributed by atoms with van der Waals surface area (Å²) in [6, 6.07) is 15.5. The molecule has 1 aliphatic heterocycles. The zero-order valence-electron chi connectivity index (χ0n) is 12.0. The number of fused-ring (bicyclic) bond motifs is 1. The predicted molar refractivity (Wildman–Crippen MR) is 86.7 cm³/mol. The third-order valence-corrected chi connectivity index (χ3v) is 4.11. The Labute approximate surface area is 137 Å². The molecule has 2 aromatic carbocycles. The van der Waals surface area contributed by atoms with Crippen molar-refractivity contribution in [1.29, 1.82) is 0 Å². The Kier molecular flexibility index (Phi) is 4.63. The molecule has 1 amide bonds. The predicted octanol–water partition coefficient (Wildman–Crippen LogP) is 3.98. The number of hydrogen-bond acceptors (Lipinski definition) is 3. The van der Waals surface area contributed by atoms with Crippen LogP contribution in [0.15, 0.2) is 53.0 Å². The number of nitrogens with zero attached hydrogens (tertiary/aromatic N) is 1. The maximum absolute atomic E-state index is 12.3. The zero-order chi connectivity index (χ0) is 15.4. The van der Waals surface area contributed by atoms with Gasteiger partial charge in [-0.1, -0.05) is 42.5 Å². The third kappa shape index (κ3) is 3.42. The number of amides is 1. The normalized spacial score (nSPS) is 13.8. The Morgan fingerprint density at radius 1 is 1.18 bits per heavy atom. The smallest absolute Gasteiger partial charge is 0.410 e. The molecule has 0 bridgehead atoms. The Balaban J connectivity index is 1.66. The minimum Gasteiger partial charge on any atom is -0.490 e. The minimum absolute atomic E-state index is 0.280. The lowest BCUT2D eigenvalue weighted by molar-refractivity contribution is 0.0913. The molecular formula is C17H16BrNO3. The quantitative estimate of drug-likeness (QED) is 0.811. The number of benzene rings is 2. The van der Waals surface area contributed by atoms with Crippen molar-refractivity contribution < 1.29 is 14.3 Å². The maximum atomic E-state index is 12.3. The number of ether oxygens (including phenoxy) is 2. The molecule has 0 radical (unpaired) electrons. The number of hydrogen-bond donors (Lipinski definition) is 0. The average molecular weight is 362 g/mol. The van der Waals surface area contributed by atoms with Gasteiger partial charge in [0.15, 0.2) is 0 Å². The van der Waals surface area contributed by atoms with Gasteiger partial charge >= 0.3 is 6.09 Å². The van der Waals surface area contributed by atoms with Crippen LogP contribution in [0.4, 0.5) is 4.79 Å². The first-order valence-corrected chi connectivity index (χ1v) is 7.89. The fourth-order valence-electron chi connectivity index (χ4n) is 2.35. The molecule has 22 heavy (non-hydrogen) atoms. The number of rotatable bonds is 2. The second-order valence-electron chi connectivity index (χ2n) is 5.04. The van der Waals surface area contributed by atoms with Crippen LogP contribution in [-0.2, 0) is 17.9 Å². The van der Waals surface area contributed by atoms with Crippen LogP contribution < -0.4 is 4.74 Å². The van der Waals surface area contributed by atoms with Crippen molar-refractivity contribution in [3.8, 4) is 5.75 Å². The van der Waals surface area contributed by atoms with Crippen molar-refractivity contribution in [3.63, 3.8) is 0 Å². The van der Waals surface area contributed by atoms with E-state index < -0.39 is 0 Å². The summed E-state index contributed by atoms with van der Waals surface area (Å²) in [7, 11) is 0. The van der Waals surface area contributed by atoms with E-state index in [1.54, 1.807) is 4.90 Å². The van der Waals surface area contributed by atoms with E-state index in [0.717, 1.165) is 21.3 Å². The van der Waals surface area contributed by atoms with Crippen molar-refractivity contribution in [3.05, 3.63) is 64.1 Å². The van der Waals surface area contributed by atoms with Crippen molar-refractivity contribution in [2.75, 3.05) is 13.2 Å². The number of carbonyl (C=O) groups is 1. The molecule has 0 N–H and O–H groups in total. The van der Waals surface area contributed by atoms with Crippen LogP contribution in [0.2, 0.25) is 0 Å². The minimum atomic E-state index is -0.319. The fourth-order valence-corrected chi connectivity index (χ4v) is 2.87. The lowest BCUT2D eigenvalue weighted by Crippen LogP contribution is -2.32. The first-order valence-electron chi connectivity index (χ1n) is 7.10. The summed E-state index contributed by atoms with van der Waals surface area (Å²) in [6.45, 7) is 1.73. The summed E-state index contributed by atoms with van der Waals surface area (Å²) in [4.78, 5) is 13.9. The number of carbonyl (C=O) groups excluding carboxylic acids is 1. The molecule has 0 atom stereocenters. The highest BCUT2D eigenvalue weighted by Gasteiger charge is 2.22. The van der Waals surface area contributed by atoms with Gasteiger partial charge in [0.2, 0.25) is 0 Å². The van der Waals surface area contributed by atoms with E-state index in [1.807, 2.05) is 48.5 Å². The van der Waals surface area contributed by atoms with Gasteiger partial charge < -0.3 is 14.4 Å². The molecule has 4 nitrogen and oxygen atoms in total. The summed E-state index contributed by atoms with van der Waals surface area (Å²) in [5.41, 5.74) is 1.95. The Bertz CT molecular complexity index is 660. The second-order valence-corrected chi connectivity index (χ2v) is 5.89. The Morgan fingerprint density at radius 2 is 2.00 bits per heavy atom. The lowest BCUT2D eigenvalue weighted by Gasteiger charge is -2.19. The van der Waals surface area contributed by atoms with E-state index in [2.05, 4.69) is 15.9 Å². The number of halogens is 1. The fraction of sp³-hybridized carbons (Fsp3) is 0.235. The van der Waals surface area contributed by atoms with Crippen LogP contribution in [0, 0.1) is 0 Å². The average Bonchev–Trinajstić information content (AvgIpc) is 2.77. The molecule has 1 aliphatic rings. The highest BCUT2D eigenvalue weighted by Crippen LogP contribution is 2.31. The van der Waals surface area contributed by atoms with Gasteiger partial charge in [-0.2, -0.15) is 0 Å². The molecule has 1 heterocycles. The first-order chi connectivity index (χ1) is 10.7. The van der Waals surface area contributed by atoms with Gasteiger partial charge in [-0.15, -0.1) is 0 Å². The van der Waals surface area contributed by atoms with E-state index in [-0.39, 0.29) is 12.7 Å². The van der Waals surface area contributed by atoms with Gasteiger partial charge in [0.25, 0.3) is 0 Å². The first kappa shape index (κ1) is 14.9. The second kappa shape index (κ2) is 6.83. The van der Waals surface area contributed by atoms with Crippen LogP contribution in [0.25, 0.3) is 0 Å². The lowest BCUT2D eigenvalue weighted by atomic mass is 10.2. The third-order valence-electron chi connectivity index (χ3n) is 3.48. The SMILES string of the molecule is O=C(OCc1ccccc1)N1CCOc2c(Br)cccc2C1. The largest absolute Gasteiger partial charge is 0.490 e. The number of para-hydroxylation sites is 1. The molecule has 0 saturated heterocycles. The molecular weight excluding hydrogens is 346 g/mol. The van der Waals surface area contributed by atoms with Gasteiger partial charge in [-0.3, -0.25) is 0 Å². The summed E-state index contributed by atoms with van der Waals surface area (Å²) >= 11 is 3.48. The zero-order valence-corrected chi connectivity index (χ0v) is 13.6. The van der Waals surface area contributed by atoms with Crippen LogP contribution in [0.1, 0.15) is 11.1 Å². The molecule has 0 spiro atoms. The van der Waals surface area contributed by atoms with Crippen LogP contribution in [0.3, 0.4) is 0 Å². The molecule has 114 valence electrons. The Hall–Kier alpha value is -2.01. The molecule has 5 heteroatoms. The monoisotopic (exact) mass is 361 g/mol. The van der Waals surface area contributed by atoms with Gasteiger partial charge in [-0.05, 0) is 27.6 Å². The maximum Gasteiger partial charge on any atom is 0.410 e. The van der Waals surface area contributed by atoms with Crippen molar-refractivity contribution in [1.82, 2.24) is 4.90 Å². The summed E-state index contributed by atoms with van der Waals surface area (Å²) in [6.07, 6.45) is -0.319. The van der Waals surface area contributed by atoms with Gasteiger partial charge in [-0.25, -0.2) is 4.79 Å². The summed E-state index contributed by atoms with van der Waals surface area (Å²) in [5.74, 6) is 0.806. The highest BCUT2D eigenvalue weighted by atomic mass is 79.9. The van der Waals surface area contributed by atoms with Crippen LogP contribution in [0.5, 0.6) is 5.75 Å². The molecule has 3 rings (SSSR count). The molecule has 0 aromatic heterocycles. The van der Waals surface area contributed by atoms with Crippen LogP contribution >= 0.6 is 15.9 Å². The standard InChI is InChI=1S/C17H16BrNO3/c18-15-8-4-7-14-11-19(9-10-21-16(14)15)17(20)22-12-13-5-2-1-3-6-13/h1-8H,9-12H2. The van der Waals surface area contributed by atoms with E-state index in [1.165, 1.54) is 0 Å². The van der Waals surface area contributed by atoms with E-state index in [9.17, 15) is 4.79 Å². The van der Waals surface area contributed by atoms with Gasteiger partial charge in [0.1, 0.15) is 19.0 Å². The van der Waals surface area contributed by atoms with Crippen molar-refractivity contribution in [2.45, 2.75) is 13.2 Å².